The minimum atomic E-state index is -0.567. The highest BCUT2D eigenvalue weighted by atomic mass is 35.5. The van der Waals surface area contributed by atoms with Crippen molar-refractivity contribution in [1.29, 1.82) is 0 Å². The number of nitrogens with one attached hydrogen (secondary N) is 1. The van der Waals surface area contributed by atoms with Crippen LogP contribution in [0.2, 0.25) is 5.02 Å². The van der Waals surface area contributed by atoms with Crippen molar-refractivity contribution >= 4 is 29.4 Å². The molecule has 2 amide bonds. The van der Waals surface area contributed by atoms with E-state index in [1.165, 1.54) is 11.1 Å². The standard InChI is InChI=1S/C25H27ClN4O3/c1-25(2,3)33-24(32)30(4)16-21-10-9-19(15-27-21)23(31)29-22-11-8-18(14-28-22)12-17-6-5-7-20(26)13-17/h5-11,13-15H,12,16H2,1-4H3,(H,28,29,31). The van der Waals surface area contributed by atoms with E-state index in [9.17, 15) is 9.59 Å². The number of halogens is 1. The molecule has 1 N–H and O–H groups in total. The van der Waals surface area contributed by atoms with E-state index in [1.807, 2.05) is 51.1 Å². The predicted octanol–water partition coefficient (Wildman–Crippen LogP) is 5.34. The Balaban J connectivity index is 1.55. The minimum absolute atomic E-state index is 0.270. The van der Waals surface area contributed by atoms with Crippen molar-refractivity contribution in [2.75, 3.05) is 12.4 Å². The summed E-state index contributed by atoms with van der Waals surface area (Å²) in [5.41, 5.74) is 2.56. The molecule has 33 heavy (non-hydrogen) atoms. The van der Waals surface area contributed by atoms with Gasteiger partial charge in [0.1, 0.15) is 11.4 Å². The van der Waals surface area contributed by atoms with E-state index >= 15 is 0 Å². The van der Waals surface area contributed by atoms with Gasteiger partial charge >= 0.3 is 6.09 Å². The molecule has 8 heteroatoms. The largest absolute Gasteiger partial charge is 0.444 e. The van der Waals surface area contributed by atoms with Gasteiger partial charge in [0.05, 0.1) is 17.8 Å². The Bertz CT molecular complexity index is 1110. The fourth-order valence-electron chi connectivity index (χ4n) is 2.97. The SMILES string of the molecule is CN(Cc1ccc(C(=O)Nc2ccc(Cc3cccc(Cl)c3)cn2)cn1)C(=O)OC(C)(C)C. The maximum Gasteiger partial charge on any atom is 0.410 e. The Morgan fingerprint density at radius 2 is 1.82 bits per heavy atom. The van der Waals surface area contributed by atoms with Crippen LogP contribution in [0.4, 0.5) is 10.6 Å². The Morgan fingerprint density at radius 3 is 2.42 bits per heavy atom. The normalized spacial score (nSPS) is 11.1. The third kappa shape index (κ3) is 7.57. The Morgan fingerprint density at radius 1 is 1.03 bits per heavy atom. The summed E-state index contributed by atoms with van der Waals surface area (Å²) < 4.78 is 5.33. The molecule has 0 aliphatic carbocycles. The van der Waals surface area contributed by atoms with Crippen molar-refractivity contribution < 1.29 is 14.3 Å². The third-order valence-corrected chi connectivity index (χ3v) is 4.79. The van der Waals surface area contributed by atoms with Crippen LogP contribution in [0.3, 0.4) is 0 Å². The number of ether oxygens (including phenoxy) is 1. The number of anilines is 1. The Labute approximate surface area is 198 Å². The van der Waals surface area contributed by atoms with Gasteiger partial charge in [0.25, 0.3) is 5.91 Å². The first kappa shape index (κ1) is 24.2. The summed E-state index contributed by atoms with van der Waals surface area (Å²) in [6.45, 7) is 5.71. The van der Waals surface area contributed by atoms with Gasteiger partial charge in [-0.1, -0.05) is 29.8 Å². The van der Waals surface area contributed by atoms with Gasteiger partial charge in [0.2, 0.25) is 0 Å². The van der Waals surface area contributed by atoms with Crippen molar-refractivity contribution in [3.8, 4) is 0 Å². The van der Waals surface area contributed by atoms with Crippen LogP contribution in [0.25, 0.3) is 0 Å². The molecule has 0 aliphatic rings. The van der Waals surface area contributed by atoms with Crippen molar-refractivity contribution in [3.05, 3.63) is 88.3 Å². The Kier molecular flexibility index (Phi) is 7.66. The molecule has 0 radical (unpaired) electrons. The summed E-state index contributed by atoms with van der Waals surface area (Å²) in [4.78, 5) is 34.7. The molecule has 0 spiro atoms. The van der Waals surface area contributed by atoms with Crippen LogP contribution in [-0.4, -0.2) is 39.5 Å². The van der Waals surface area contributed by atoms with E-state index < -0.39 is 11.7 Å². The first-order valence-electron chi connectivity index (χ1n) is 10.5. The lowest BCUT2D eigenvalue weighted by Crippen LogP contribution is -2.34. The topological polar surface area (TPSA) is 84.4 Å². The third-order valence-electron chi connectivity index (χ3n) is 4.55. The van der Waals surface area contributed by atoms with Crippen LogP contribution >= 0.6 is 11.6 Å². The second-order valence-electron chi connectivity index (χ2n) is 8.69. The van der Waals surface area contributed by atoms with Crippen LogP contribution in [0.15, 0.2) is 60.9 Å². The highest BCUT2D eigenvalue weighted by Crippen LogP contribution is 2.16. The van der Waals surface area contributed by atoms with Gasteiger partial charge in [-0.05, 0) is 68.7 Å². The number of aromatic nitrogens is 2. The zero-order valence-electron chi connectivity index (χ0n) is 19.1. The average Bonchev–Trinajstić information content (AvgIpc) is 2.74. The summed E-state index contributed by atoms with van der Waals surface area (Å²) >= 11 is 6.03. The Hall–Kier alpha value is -3.45. The highest BCUT2D eigenvalue weighted by molar-refractivity contribution is 6.30. The molecule has 0 unspecified atom stereocenters. The minimum Gasteiger partial charge on any atom is -0.444 e. The maximum atomic E-state index is 12.5. The molecule has 172 valence electrons. The predicted molar refractivity (Wildman–Crippen MR) is 128 cm³/mol. The number of benzene rings is 1. The molecular weight excluding hydrogens is 440 g/mol. The second kappa shape index (κ2) is 10.4. The van der Waals surface area contributed by atoms with Crippen LogP contribution < -0.4 is 5.32 Å². The zero-order valence-corrected chi connectivity index (χ0v) is 19.9. The molecule has 2 heterocycles. The number of nitrogens with zero attached hydrogens (tertiary/aromatic N) is 3. The fraction of sp³-hybridized carbons (Fsp3) is 0.280. The first-order valence-corrected chi connectivity index (χ1v) is 10.9. The maximum absolute atomic E-state index is 12.5. The van der Waals surface area contributed by atoms with Crippen LogP contribution in [-0.2, 0) is 17.7 Å². The van der Waals surface area contributed by atoms with E-state index in [-0.39, 0.29) is 12.5 Å². The van der Waals surface area contributed by atoms with Gasteiger partial charge in [-0.2, -0.15) is 0 Å². The summed E-state index contributed by atoms with van der Waals surface area (Å²) in [5, 5.41) is 3.46. The van der Waals surface area contributed by atoms with Crippen molar-refractivity contribution in [1.82, 2.24) is 14.9 Å². The number of carbonyl (C=O) groups is 2. The summed E-state index contributed by atoms with van der Waals surface area (Å²) in [6, 6.07) is 14.7. The first-order chi connectivity index (χ1) is 15.6. The van der Waals surface area contributed by atoms with Gasteiger partial charge in [-0.15, -0.1) is 0 Å². The van der Waals surface area contributed by atoms with Crippen molar-refractivity contribution in [2.45, 2.75) is 39.3 Å². The van der Waals surface area contributed by atoms with Crippen LogP contribution in [0.5, 0.6) is 0 Å². The molecule has 0 saturated carbocycles. The molecule has 0 atom stereocenters. The fourth-order valence-corrected chi connectivity index (χ4v) is 3.19. The molecule has 2 aromatic heterocycles. The van der Waals surface area contributed by atoms with Gasteiger partial charge in [0.15, 0.2) is 0 Å². The van der Waals surface area contributed by atoms with Gasteiger partial charge in [0, 0.05) is 24.5 Å². The molecule has 0 saturated heterocycles. The molecule has 0 fully saturated rings. The van der Waals surface area contributed by atoms with Crippen LogP contribution in [0, 0.1) is 0 Å². The second-order valence-corrected chi connectivity index (χ2v) is 9.12. The van der Waals surface area contributed by atoms with Gasteiger partial charge in [-0.25, -0.2) is 9.78 Å². The summed E-state index contributed by atoms with van der Waals surface area (Å²) in [6.07, 6.45) is 3.46. The van der Waals surface area contributed by atoms with E-state index in [0.29, 0.717) is 28.5 Å². The lowest BCUT2D eigenvalue weighted by Gasteiger charge is -2.24. The number of hydrogen-bond acceptors (Lipinski definition) is 5. The van der Waals surface area contributed by atoms with Gasteiger partial charge in [-0.3, -0.25) is 9.78 Å². The average molecular weight is 467 g/mol. The molecule has 3 aromatic rings. The van der Waals surface area contributed by atoms with Gasteiger partial charge < -0.3 is 15.0 Å². The summed E-state index contributed by atoms with van der Waals surface area (Å²) in [5.74, 6) is 0.133. The van der Waals surface area contributed by atoms with Crippen molar-refractivity contribution in [2.24, 2.45) is 0 Å². The highest BCUT2D eigenvalue weighted by Gasteiger charge is 2.20. The van der Waals surface area contributed by atoms with Crippen molar-refractivity contribution in [3.63, 3.8) is 0 Å². The molecule has 7 nitrogen and oxygen atoms in total. The van der Waals surface area contributed by atoms with E-state index in [4.69, 9.17) is 16.3 Å². The smallest absolute Gasteiger partial charge is 0.410 e. The molecule has 0 bridgehead atoms. The molecule has 3 rings (SSSR count). The monoisotopic (exact) mass is 466 g/mol. The number of pyridine rings is 2. The van der Waals surface area contributed by atoms with E-state index in [0.717, 1.165) is 11.1 Å². The quantitative estimate of drug-likeness (QED) is 0.530. The number of carbonyl (C=O) groups excluding carboxylic acids is 2. The lowest BCUT2D eigenvalue weighted by molar-refractivity contribution is 0.0283. The molecule has 0 aliphatic heterocycles. The number of hydrogen-bond donors (Lipinski definition) is 1. The summed E-state index contributed by atoms with van der Waals surface area (Å²) in [7, 11) is 1.64. The molecule has 1 aromatic carbocycles. The van der Waals surface area contributed by atoms with Crippen LogP contribution in [0.1, 0.15) is 48.0 Å². The van der Waals surface area contributed by atoms with E-state index in [1.54, 1.807) is 31.4 Å². The number of rotatable bonds is 6. The zero-order chi connectivity index (χ0) is 24.0. The number of amides is 2. The van der Waals surface area contributed by atoms with E-state index in [2.05, 4.69) is 15.3 Å². The molecular formula is C25H27ClN4O3. The lowest BCUT2D eigenvalue weighted by atomic mass is 10.1.